The average molecular weight is 353 g/mol. The zero-order chi connectivity index (χ0) is 18.7. The van der Waals surface area contributed by atoms with Crippen molar-refractivity contribution in [2.75, 3.05) is 6.54 Å². The topological polar surface area (TPSA) is 80.3 Å². The lowest BCUT2D eigenvalue weighted by Crippen LogP contribution is -2.23. The van der Waals surface area contributed by atoms with Crippen molar-refractivity contribution in [2.45, 2.75) is 13.0 Å². The molecule has 0 saturated carbocycles. The highest BCUT2D eigenvalue weighted by Crippen LogP contribution is 2.29. The Hall–Kier alpha value is -3.12. The highest BCUT2D eigenvalue weighted by molar-refractivity contribution is 5.83. The summed E-state index contributed by atoms with van der Waals surface area (Å²) in [5, 5.41) is 12.9. The number of nitrogens with zero attached hydrogens (tertiary/aromatic N) is 1. The first-order chi connectivity index (χ1) is 12.5. The molecule has 4 N–H and O–H groups in total. The molecule has 134 valence electrons. The Balaban J connectivity index is 2.07. The van der Waals surface area contributed by atoms with Gasteiger partial charge in [0.05, 0.1) is 6.20 Å². The van der Waals surface area contributed by atoms with Crippen LogP contribution in [0.15, 0.2) is 66.0 Å². The van der Waals surface area contributed by atoms with Crippen molar-refractivity contribution in [2.24, 2.45) is 5.73 Å². The number of hydrogen-bond donors (Lipinski definition) is 3. The molecular formula is C20H20FN3O2. The van der Waals surface area contributed by atoms with Crippen LogP contribution in [-0.4, -0.2) is 16.2 Å². The largest absolute Gasteiger partial charge is 0.503 e. The number of nitrogens with one attached hydrogen (secondary N) is 1. The van der Waals surface area contributed by atoms with Gasteiger partial charge in [-0.3, -0.25) is 4.79 Å². The normalized spacial score (nSPS) is 15.2. The first-order valence-electron chi connectivity index (χ1n) is 8.24. The number of aromatic nitrogens is 1. The minimum absolute atomic E-state index is 0.229. The Labute approximate surface area is 150 Å². The van der Waals surface area contributed by atoms with Crippen LogP contribution in [0.2, 0.25) is 0 Å². The molecule has 0 unspecified atom stereocenters. The van der Waals surface area contributed by atoms with Crippen LogP contribution in [0.4, 0.5) is 4.39 Å². The second kappa shape index (κ2) is 7.41. The fourth-order valence-corrected chi connectivity index (χ4v) is 2.93. The van der Waals surface area contributed by atoms with Gasteiger partial charge in [-0.25, -0.2) is 4.39 Å². The van der Waals surface area contributed by atoms with Gasteiger partial charge >= 0.3 is 0 Å². The van der Waals surface area contributed by atoms with Gasteiger partial charge < -0.3 is 20.7 Å². The molecular weight excluding hydrogens is 333 g/mol. The summed E-state index contributed by atoms with van der Waals surface area (Å²) < 4.78 is 16.3. The Morgan fingerprint density at radius 1 is 1.35 bits per heavy atom. The van der Waals surface area contributed by atoms with Gasteiger partial charge in [0, 0.05) is 24.4 Å². The zero-order valence-electron chi connectivity index (χ0n) is 14.2. The number of nitrogens with two attached hydrogens (primary N) is 1. The summed E-state index contributed by atoms with van der Waals surface area (Å²) >= 11 is 0. The summed E-state index contributed by atoms with van der Waals surface area (Å²) in [5.74, 6) is -1.39. The van der Waals surface area contributed by atoms with Crippen LogP contribution in [0.5, 0.6) is 5.75 Å². The van der Waals surface area contributed by atoms with E-state index in [0.29, 0.717) is 5.56 Å². The lowest BCUT2D eigenvalue weighted by atomic mass is 9.94. The summed E-state index contributed by atoms with van der Waals surface area (Å²) in [6.45, 7) is 5.33. The maximum absolute atomic E-state index is 15.1. The number of pyridine rings is 1. The third-order valence-electron chi connectivity index (χ3n) is 4.33. The number of hydrogen-bond acceptors (Lipinski definition) is 4. The highest BCUT2D eigenvalue weighted by Gasteiger charge is 2.16. The molecule has 1 aliphatic rings. The smallest absolute Gasteiger partial charge is 0.223 e. The molecule has 2 heterocycles. The number of aromatic hydroxyl groups is 1. The van der Waals surface area contributed by atoms with Crippen molar-refractivity contribution in [3.05, 3.63) is 88.1 Å². The lowest BCUT2D eigenvalue weighted by molar-refractivity contribution is 0.465. The number of fused-ring (bicyclic) bond motifs is 1. The SMILES string of the molecule is C=C/C=C(\C(F)=C(/N)n1ccc(=O)c(O)c1)c1ccc2c(c1)CCNC2. The van der Waals surface area contributed by atoms with Crippen LogP contribution in [-0.2, 0) is 13.0 Å². The molecule has 0 fully saturated rings. The summed E-state index contributed by atoms with van der Waals surface area (Å²) in [4.78, 5) is 11.3. The van der Waals surface area contributed by atoms with Crippen LogP contribution in [0.25, 0.3) is 11.4 Å². The van der Waals surface area contributed by atoms with Gasteiger partial charge in [0.25, 0.3) is 0 Å². The second-order valence-corrected chi connectivity index (χ2v) is 6.03. The van der Waals surface area contributed by atoms with Crippen molar-refractivity contribution < 1.29 is 9.50 Å². The van der Waals surface area contributed by atoms with E-state index in [1.54, 1.807) is 6.08 Å². The second-order valence-electron chi connectivity index (χ2n) is 6.03. The highest BCUT2D eigenvalue weighted by atomic mass is 19.1. The zero-order valence-corrected chi connectivity index (χ0v) is 14.2. The molecule has 6 heteroatoms. The van der Waals surface area contributed by atoms with E-state index in [9.17, 15) is 9.90 Å². The molecule has 5 nitrogen and oxygen atoms in total. The molecule has 2 aromatic rings. The van der Waals surface area contributed by atoms with E-state index in [1.807, 2.05) is 18.2 Å². The molecule has 0 radical (unpaired) electrons. The summed E-state index contributed by atoms with van der Waals surface area (Å²) in [6.07, 6.45) is 6.31. The van der Waals surface area contributed by atoms with Crippen molar-refractivity contribution >= 4 is 11.4 Å². The Kier molecular flexibility index (Phi) is 5.04. The number of allylic oxidation sites excluding steroid dienone is 4. The standard InChI is InChI=1S/C20H20FN3O2/c1-2-3-16(14-4-5-15-11-23-8-6-13(15)10-14)19(21)20(22)24-9-7-17(25)18(26)12-24/h2-5,7,9-10,12,23,26H,1,6,8,11,22H2/b16-3-,20-19-. The van der Waals surface area contributed by atoms with Crippen LogP contribution in [0.3, 0.4) is 0 Å². The van der Waals surface area contributed by atoms with Gasteiger partial charge in [-0.2, -0.15) is 0 Å². The predicted molar refractivity (Wildman–Crippen MR) is 101 cm³/mol. The predicted octanol–water partition coefficient (Wildman–Crippen LogP) is 2.52. The molecule has 0 bridgehead atoms. The number of benzene rings is 1. The third kappa shape index (κ3) is 3.45. The molecule has 0 saturated heterocycles. The monoisotopic (exact) mass is 353 g/mol. The maximum atomic E-state index is 15.1. The molecule has 1 aliphatic heterocycles. The summed E-state index contributed by atoms with van der Waals surface area (Å²) in [7, 11) is 0. The van der Waals surface area contributed by atoms with Crippen LogP contribution < -0.4 is 16.5 Å². The minimum Gasteiger partial charge on any atom is -0.503 e. The fraction of sp³-hybridized carbons (Fsp3) is 0.150. The van der Waals surface area contributed by atoms with E-state index in [4.69, 9.17) is 5.73 Å². The first kappa shape index (κ1) is 17.7. The Morgan fingerprint density at radius 2 is 2.15 bits per heavy atom. The molecule has 1 aromatic heterocycles. The Morgan fingerprint density at radius 3 is 2.88 bits per heavy atom. The van der Waals surface area contributed by atoms with E-state index < -0.39 is 17.0 Å². The molecule has 0 atom stereocenters. The summed E-state index contributed by atoms with van der Waals surface area (Å²) in [6, 6.07) is 6.90. The molecule has 1 aromatic carbocycles. The number of rotatable bonds is 4. The molecule has 0 amide bonds. The quantitative estimate of drug-likeness (QED) is 0.738. The maximum Gasteiger partial charge on any atom is 0.223 e. The van der Waals surface area contributed by atoms with Crippen molar-refractivity contribution in [1.82, 2.24) is 9.88 Å². The van der Waals surface area contributed by atoms with Gasteiger partial charge in [-0.1, -0.05) is 36.9 Å². The van der Waals surface area contributed by atoms with Crippen LogP contribution in [0.1, 0.15) is 16.7 Å². The van der Waals surface area contributed by atoms with Gasteiger partial charge in [-0.15, -0.1) is 0 Å². The van der Waals surface area contributed by atoms with Crippen LogP contribution in [0, 0.1) is 0 Å². The molecule has 0 spiro atoms. The van der Waals surface area contributed by atoms with Crippen molar-refractivity contribution in [3.63, 3.8) is 0 Å². The fourth-order valence-electron chi connectivity index (χ4n) is 2.93. The molecule has 3 rings (SSSR count). The van der Waals surface area contributed by atoms with E-state index in [2.05, 4.69) is 11.9 Å². The summed E-state index contributed by atoms with van der Waals surface area (Å²) in [5.41, 5.74) is 8.72. The van der Waals surface area contributed by atoms with Crippen molar-refractivity contribution in [1.29, 1.82) is 0 Å². The number of halogens is 1. The third-order valence-corrected chi connectivity index (χ3v) is 4.33. The first-order valence-corrected chi connectivity index (χ1v) is 8.24. The lowest BCUT2D eigenvalue weighted by Gasteiger charge is -2.19. The van der Waals surface area contributed by atoms with Gasteiger partial charge in [0.15, 0.2) is 11.6 Å². The van der Waals surface area contributed by atoms with Crippen LogP contribution >= 0.6 is 0 Å². The molecule has 0 aliphatic carbocycles. The minimum atomic E-state index is -0.665. The van der Waals surface area contributed by atoms with Gasteiger partial charge in [-0.05, 0) is 29.7 Å². The van der Waals surface area contributed by atoms with E-state index in [-0.39, 0.29) is 11.4 Å². The van der Waals surface area contributed by atoms with E-state index in [1.165, 1.54) is 28.0 Å². The van der Waals surface area contributed by atoms with Crippen molar-refractivity contribution in [3.8, 4) is 5.75 Å². The molecule has 26 heavy (non-hydrogen) atoms. The van der Waals surface area contributed by atoms with E-state index in [0.717, 1.165) is 31.8 Å². The Bertz CT molecular complexity index is 973. The van der Waals surface area contributed by atoms with Gasteiger partial charge in [0.1, 0.15) is 5.82 Å². The van der Waals surface area contributed by atoms with Gasteiger partial charge in [0.2, 0.25) is 5.43 Å². The van der Waals surface area contributed by atoms with E-state index >= 15 is 4.39 Å². The average Bonchev–Trinajstić information content (AvgIpc) is 2.66.